The molecule has 3 heteroatoms. The van der Waals surface area contributed by atoms with E-state index in [-0.39, 0.29) is 5.41 Å². The number of hydrogen-bond acceptors (Lipinski definition) is 3. The molecular formula is C14H31NO2. The van der Waals surface area contributed by atoms with Crippen LogP contribution in [0.1, 0.15) is 41.5 Å². The number of nitrogens with zero attached hydrogens (tertiary/aromatic N) is 1. The van der Waals surface area contributed by atoms with Crippen LogP contribution in [-0.2, 0) is 9.47 Å². The first kappa shape index (κ1) is 16.9. The highest BCUT2D eigenvalue weighted by atomic mass is 16.5. The average Bonchev–Trinajstić information content (AvgIpc) is 2.30. The van der Waals surface area contributed by atoms with Crippen molar-refractivity contribution in [2.75, 3.05) is 39.5 Å². The molecule has 1 fully saturated rings. The van der Waals surface area contributed by atoms with Crippen LogP contribution < -0.4 is 0 Å². The van der Waals surface area contributed by atoms with Gasteiger partial charge in [0.25, 0.3) is 0 Å². The second-order valence-electron chi connectivity index (χ2n) is 5.41. The predicted octanol–water partition coefficient (Wildman–Crippen LogP) is 2.80. The Hall–Kier alpha value is -0.120. The Morgan fingerprint density at radius 2 is 1.71 bits per heavy atom. The van der Waals surface area contributed by atoms with E-state index in [1.54, 1.807) is 0 Å². The molecule has 1 aliphatic rings. The van der Waals surface area contributed by atoms with Crippen molar-refractivity contribution in [2.24, 2.45) is 5.41 Å². The van der Waals surface area contributed by atoms with Gasteiger partial charge in [-0.25, -0.2) is 0 Å². The van der Waals surface area contributed by atoms with Gasteiger partial charge < -0.3 is 9.47 Å². The minimum Gasteiger partial charge on any atom is -0.379 e. The van der Waals surface area contributed by atoms with Crippen molar-refractivity contribution in [1.82, 2.24) is 4.90 Å². The molecule has 1 rings (SSSR count). The lowest BCUT2D eigenvalue weighted by Crippen LogP contribution is -2.43. The fourth-order valence-electron chi connectivity index (χ4n) is 1.80. The molecule has 0 bridgehead atoms. The molecule has 17 heavy (non-hydrogen) atoms. The van der Waals surface area contributed by atoms with Gasteiger partial charge in [-0.3, -0.25) is 4.90 Å². The van der Waals surface area contributed by atoms with Crippen LogP contribution >= 0.6 is 0 Å². The van der Waals surface area contributed by atoms with Gasteiger partial charge in [0, 0.05) is 25.0 Å². The average molecular weight is 245 g/mol. The molecule has 0 aromatic heterocycles. The second kappa shape index (κ2) is 8.90. The zero-order valence-corrected chi connectivity index (χ0v) is 12.6. The predicted molar refractivity (Wildman–Crippen MR) is 73.5 cm³/mol. The minimum absolute atomic E-state index is 0.238. The lowest BCUT2D eigenvalue weighted by molar-refractivity contribution is -0.0184. The van der Waals surface area contributed by atoms with Gasteiger partial charge in [0.05, 0.1) is 25.9 Å². The van der Waals surface area contributed by atoms with E-state index in [1.807, 2.05) is 13.8 Å². The van der Waals surface area contributed by atoms with Crippen LogP contribution in [0.3, 0.4) is 0 Å². The molecule has 3 nitrogen and oxygen atoms in total. The molecule has 0 aliphatic carbocycles. The monoisotopic (exact) mass is 245 g/mol. The highest BCUT2D eigenvalue weighted by Crippen LogP contribution is 2.19. The standard InChI is InChI=1S/C12H25NO2.C2H6/c1-11(2)15-10-12(3,4)9-13-5-7-14-8-6-13;1-2/h11H,5-10H2,1-4H3;1-2H3. The number of hydrogen-bond donors (Lipinski definition) is 0. The normalized spacial score (nSPS) is 17.8. The molecule has 0 spiro atoms. The topological polar surface area (TPSA) is 21.7 Å². The summed E-state index contributed by atoms with van der Waals surface area (Å²) in [5.41, 5.74) is 0.238. The number of rotatable bonds is 5. The summed E-state index contributed by atoms with van der Waals surface area (Å²) in [6, 6.07) is 0. The molecule has 0 aromatic carbocycles. The third-order valence-corrected chi connectivity index (χ3v) is 2.56. The number of morpholine rings is 1. The van der Waals surface area contributed by atoms with E-state index in [0.29, 0.717) is 6.10 Å². The molecule has 1 saturated heterocycles. The van der Waals surface area contributed by atoms with Crippen molar-refractivity contribution in [3.05, 3.63) is 0 Å². The van der Waals surface area contributed by atoms with Crippen molar-refractivity contribution in [1.29, 1.82) is 0 Å². The summed E-state index contributed by atoms with van der Waals surface area (Å²) in [5.74, 6) is 0. The molecule has 0 radical (unpaired) electrons. The van der Waals surface area contributed by atoms with E-state index in [4.69, 9.17) is 9.47 Å². The summed E-state index contributed by atoms with van der Waals surface area (Å²) in [6.45, 7) is 18.5. The van der Waals surface area contributed by atoms with Gasteiger partial charge in [0.2, 0.25) is 0 Å². The lowest BCUT2D eigenvalue weighted by atomic mass is 9.94. The van der Waals surface area contributed by atoms with Crippen molar-refractivity contribution in [2.45, 2.75) is 47.6 Å². The Morgan fingerprint density at radius 1 is 1.18 bits per heavy atom. The largest absolute Gasteiger partial charge is 0.379 e. The minimum atomic E-state index is 0.238. The summed E-state index contributed by atoms with van der Waals surface area (Å²) < 4.78 is 11.0. The Morgan fingerprint density at radius 3 is 2.18 bits per heavy atom. The highest BCUT2D eigenvalue weighted by Gasteiger charge is 2.23. The zero-order chi connectivity index (χ0) is 13.3. The van der Waals surface area contributed by atoms with E-state index < -0.39 is 0 Å². The van der Waals surface area contributed by atoms with Crippen molar-refractivity contribution >= 4 is 0 Å². The van der Waals surface area contributed by atoms with Gasteiger partial charge in [0.15, 0.2) is 0 Å². The van der Waals surface area contributed by atoms with Gasteiger partial charge in [-0.1, -0.05) is 27.7 Å². The van der Waals surface area contributed by atoms with Gasteiger partial charge in [0.1, 0.15) is 0 Å². The molecule has 0 saturated carbocycles. The fourth-order valence-corrected chi connectivity index (χ4v) is 1.80. The molecule has 0 unspecified atom stereocenters. The molecule has 104 valence electrons. The Labute approximate surface area is 107 Å². The third-order valence-electron chi connectivity index (χ3n) is 2.56. The van der Waals surface area contributed by atoms with Crippen LogP contribution in [0.25, 0.3) is 0 Å². The third kappa shape index (κ3) is 8.58. The summed E-state index contributed by atoms with van der Waals surface area (Å²) in [4.78, 5) is 2.47. The molecule has 0 amide bonds. The van der Waals surface area contributed by atoms with E-state index in [9.17, 15) is 0 Å². The summed E-state index contributed by atoms with van der Waals surface area (Å²) in [6.07, 6.45) is 0.328. The Bertz CT molecular complexity index is 175. The summed E-state index contributed by atoms with van der Waals surface area (Å²) in [7, 11) is 0. The van der Waals surface area contributed by atoms with E-state index in [2.05, 4.69) is 32.6 Å². The van der Waals surface area contributed by atoms with Crippen LogP contribution in [-0.4, -0.2) is 50.5 Å². The summed E-state index contributed by atoms with van der Waals surface area (Å²) in [5, 5.41) is 0. The highest BCUT2D eigenvalue weighted by molar-refractivity contribution is 4.75. The van der Waals surface area contributed by atoms with E-state index in [0.717, 1.165) is 39.5 Å². The molecule has 0 aromatic rings. The first-order chi connectivity index (χ1) is 7.99. The van der Waals surface area contributed by atoms with Crippen molar-refractivity contribution < 1.29 is 9.47 Å². The molecule has 0 N–H and O–H groups in total. The van der Waals surface area contributed by atoms with Gasteiger partial charge in [-0.15, -0.1) is 0 Å². The molecule has 0 atom stereocenters. The van der Waals surface area contributed by atoms with Gasteiger partial charge in [-0.2, -0.15) is 0 Å². The van der Waals surface area contributed by atoms with Gasteiger partial charge >= 0.3 is 0 Å². The number of ether oxygens (including phenoxy) is 2. The van der Waals surface area contributed by atoms with Crippen molar-refractivity contribution in [3.63, 3.8) is 0 Å². The second-order valence-corrected chi connectivity index (χ2v) is 5.41. The van der Waals surface area contributed by atoms with Crippen LogP contribution in [0.4, 0.5) is 0 Å². The van der Waals surface area contributed by atoms with Crippen LogP contribution in [0.5, 0.6) is 0 Å². The smallest absolute Gasteiger partial charge is 0.0594 e. The maximum absolute atomic E-state index is 5.69. The Kier molecular flexibility index (Phi) is 8.83. The first-order valence-corrected chi connectivity index (χ1v) is 6.91. The fraction of sp³-hybridized carbons (Fsp3) is 1.00. The quantitative estimate of drug-likeness (QED) is 0.743. The van der Waals surface area contributed by atoms with Gasteiger partial charge in [-0.05, 0) is 13.8 Å². The first-order valence-electron chi connectivity index (χ1n) is 6.91. The SMILES string of the molecule is CC.CC(C)OCC(C)(C)CN1CCOCC1. The van der Waals surface area contributed by atoms with Crippen molar-refractivity contribution in [3.8, 4) is 0 Å². The maximum Gasteiger partial charge on any atom is 0.0594 e. The maximum atomic E-state index is 5.69. The molecule has 1 aliphatic heterocycles. The van der Waals surface area contributed by atoms with Crippen LogP contribution in [0, 0.1) is 5.41 Å². The molecular weight excluding hydrogens is 214 g/mol. The summed E-state index contributed by atoms with van der Waals surface area (Å²) >= 11 is 0. The van der Waals surface area contributed by atoms with E-state index >= 15 is 0 Å². The molecule has 1 heterocycles. The lowest BCUT2D eigenvalue weighted by Gasteiger charge is -2.35. The zero-order valence-electron chi connectivity index (χ0n) is 12.6. The van der Waals surface area contributed by atoms with Crippen LogP contribution in [0.2, 0.25) is 0 Å². The Balaban J connectivity index is 0.00000121. The van der Waals surface area contributed by atoms with Crippen LogP contribution in [0.15, 0.2) is 0 Å². The van der Waals surface area contributed by atoms with E-state index in [1.165, 1.54) is 0 Å².